The molecule has 0 aliphatic carbocycles. The molecule has 2 heterocycles. The van der Waals surface area contributed by atoms with Crippen molar-refractivity contribution in [1.29, 1.82) is 0 Å². The first-order valence-corrected chi connectivity index (χ1v) is 13.2. The molecule has 36 heavy (non-hydrogen) atoms. The molecule has 0 unspecified atom stereocenters. The van der Waals surface area contributed by atoms with Crippen molar-refractivity contribution in [2.24, 2.45) is 5.92 Å². The van der Waals surface area contributed by atoms with Gasteiger partial charge in [-0.25, -0.2) is 23.2 Å². The molecule has 1 atom stereocenters. The van der Waals surface area contributed by atoms with Gasteiger partial charge in [0.25, 0.3) is 0 Å². The summed E-state index contributed by atoms with van der Waals surface area (Å²) >= 11 is 0. The van der Waals surface area contributed by atoms with Gasteiger partial charge in [0.05, 0.1) is 24.2 Å². The molecule has 0 radical (unpaired) electrons. The van der Waals surface area contributed by atoms with Gasteiger partial charge in [-0.15, -0.1) is 0 Å². The fourth-order valence-electron chi connectivity index (χ4n) is 4.16. The Labute approximate surface area is 207 Å². The summed E-state index contributed by atoms with van der Waals surface area (Å²) in [5.41, 5.74) is -1.19. The van der Waals surface area contributed by atoms with Crippen molar-refractivity contribution in [3.8, 4) is 0 Å². The summed E-state index contributed by atoms with van der Waals surface area (Å²) in [5.74, 6) is -1.32. The van der Waals surface area contributed by atoms with Crippen LogP contribution in [0.3, 0.4) is 0 Å². The van der Waals surface area contributed by atoms with Crippen LogP contribution in [0.25, 0.3) is 0 Å². The van der Waals surface area contributed by atoms with E-state index in [4.69, 9.17) is 4.74 Å². The van der Waals surface area contributed by atoms with Crippen LogP contribution in [0.1, 0.15) is 42.4 Å². The van der Waals surface area contributed by atoms with Crippen molar-refractivity contribution in [1.82, 2.24) is 9.97 Å². The van der Waals surface area contributed by atoms with Crippen molar-refractivity contribution >= 4 is 27.4 Å². The second-order valence-electron chi connectivity index (χ2n) is 8.82. The number of sulfone groups is 1. The monoisotopic (exact) mass is 530 g/mol. The number of rotatable bonds is 7. The van der Waals surface area contributed by atoms with Crippen LogP contribution in [-0.4, -0.2) is 68.0 Å². The molecule has 0 amide bonds. The van der Waals surface area contributed by atoms with Gasteiger partial charge in [-0.05, 0) is 30.5 Å². The third-order valence-corrected chi connectivity index (χ3v) is 7.15. The molecule has 1 aliphatic heterocycles. The predicted molar refractivity (Wildman–Crippen MR) is 127 cm³/mol. The minimum Gasteiger partial charge on any atom is -0.462 e. The number of carbonyl (C=O) groups is 1. The number of aliphatic hydroxyl groups is 1. The number of hydrogen-bond acceptors (Lipinski definition) is 9. The van der Waals surface area contributed by atoms with E-state index in [2.05, 4.69) is 9.97 Å². The van der Waals surface area contributed by atoms with E-state index in [1.54, 1.807) is 17.0 Å². The van der Waals surface area contributed by atoms with Crippen LogP contribution >= 0.6 is 0 Å². The molecule has 1 aliphatic rings. The Bertz CT molecular complexity index is 1220. The molecule has 0 spiro atoms. The molecule has 1 aromatic carbocycles. The standard InChI is InChI=1S/C23H29F3N4O5S/c1-5-35-21(32)17-11-27-22(28-20(17)23(24,25)26)30-9-8-29(12-18(30)14(2)3)16-7-6-15(13-31)19(10-16)36(4,33)34/h6-7,10-11,14,18,31H,5,8-9,12-13H2,1-4H3/t18-/m0/s1. The summed E-state index contributed by atoms with van der Waals surface area (Å²) in [6, 6.07) is 4.45. The van der Waals surface area contributed by atoms with Crippen LogP contribution in [0.4, 0.5) is 24.8 Å². The van der Waals surface area contributed by atoms with Gasteiger partial charge in [0, 0.05) is 37.8 Å². The molecule has 0 saturated carbocycles. The van der Waals surface area contributed by atoms with Gasteiger partial charge in [0.15, 0.2) is 15.5 Å². The zero-order valence-corrected chi connectivity index (χ0v) is 21.2. The number of ether oxygens (including phenoxy) is 1. The fourth-order valence-corrected chi connectivity index (χ4v) is 5.11. The van der Waals surface area contributed by atoms with Crippen molar-refractivity contribution in [2.75, 3.05) is 42.3 Å². The van der Waals surface area contributed by atoms with Crippen molar-refractivity contribution in [3.63, 3.8) is 0 Å². The van der Waals surface area contributed by atoms with Gasteiger partial charge in [-0.3, -0.25) is 0 Å². The Kier molecular flexibility index (Phi) is 8.13. The quantitative estimate of drug-likeness (QED) is 0.540. The van der Waals surface area contributed by atoms with E-state index in [0.29, 0.717) is 18.8 Å². The van der Waals surface area contributed by atoms with Gasteiger partial charge in [0.2, 0.25) is 5.95 Å². The number of halogens is 3. The molecule has 1 aromatic heterocycles. The predicted octanol–water partition coefficient (Wildman–Crippen LogP) is 2.92. The average Bonchev–Trinajstić information content (AvgIpc) is 2.82. The van der Waals surface area contributed by atoms with E-state index in [9.17, 15) is 31.5 Å². The molecular weight excluding hydrogens is 501 g/mol. The Morgan fingerprint density at radius 1 is 1.28 bits per heavy atom. The van der Waals surface area contributed by atoms with Crippen LogP contribution < -0.4 is 9.80 Å². The summed E-state index contributed by atoms with van der Waals surface area (Å²) < 4.78 is 70.4. The number of esters is 1. The summed E-state index contributed by atoms with van der Waals surface area (Å²) in [6.07, 6.45) is -2.97. The number of hydrogen-bond donors (Lipinski definition) is 1. The molecule has 3 rings (SSSR count). The largest absolute Gasteiger partial charge is 0.462 e. The number of piperazine rings is 1. The lowest BCUT2D eigenvalue weighted by molar-refractivity contribution is -0.141. The average molecular weight is 531 g/mol. The number of aromatic nitrogens is 2. The third kappa shape index (κ3) is 5.89. The van der Waals surface area contributed by atoms with E-state index in [0.717, 1.165) is 12.5 Å². The Morgan fingerprint density at radius 2 is 1.97 bits per heavy atom. The van der Waals surface area contributed by atoms with Crippen LogP contribution in [0, 0.1) is 5.92 Å². The zero-order valence-electron chi connectivity index (χ0n) is 20.4. The molecule has 1 N–H and O–H groups in total. The maximum absolute atomic E-state index is 13.7. The molecule has 0 bridgehead atoms. The van der Waals surface area contributed by atoms with Gasteiger partial charge in [-0.1, -0.05) is 19.9 Å². The molecule has 9 nitrogen and oxygen atoms in total. The Balaban J connectivity index is 1.96. The highest BCUT2D eigenvalue weighted by atomic mass is 32.2. The first-order chi connectivity index (χ1) is 16.8. The van der Waals surface area contributed by atoms with Crippen LogP contribution in [0.5, 0.6) is 0 Å². The zero-order chi connectivity index (χ0) is 26.8. The molecular formula is C23H29F3N4O5S. The van der Waals surface area contributed by atoms with E-state index < -0.39 is 39.8 Å². The highest BCUT2D eigenvalue weighted by molar-refractivity contribution is 7.90. The number of carbonyl (C=O) groups excluding carboxylic acids is 1. The Hall–Kier alpha value is -2.93. The van der Waals surface area contributed by atoms with E-state index in [-0.39, 0.29) is 41.5 Å². The summed E-state index contributed by atoms with van der Waals surface area (Å²) in [7, 11) is -3.59. The van der Waals surface area contributed by atoms with Crippen molar-refractivity contribution in [2.45, 2.75) is 44.5 Å². The van der Waals surface area contributed by atoms with E-state index in [1.165, 1.54) is 13.0 Å². The lowest BCUT2D eigenvalue weighted by Crippen LogP contribution is -2.56. The molecule has 13 heteroatoms. The van der Waals surface area contributed by atoms with E-state index in [1.807, 2.05) is 18.7 Å². The number of aliphatic hydroxyl groups excluding tert-OH is 1. The molecule has 1 fully saturated rings. The fraction of sp³-hybridized carbons (Fsp3) is 0.522. The second kappa shape index (κ2) is 10.6. The van der Waals surface area contributed by atoms with Crippen LogP contribution in [0.2, 0.25) is 0 Å². The second-order valence-corrected chi connectivity index (χ2v) is 10.8. The number of alkyl halides is 3. The van der Waals surface area contributed by atoms with Gasteiger partial charge < -0.3 is 19.6 Å². The van der Waals surface area contributed by atoms with Gasteiger partial charge >= 0.3 is 12.1 Å². The third-order valence-electron chi connectivity index (χ3n) is 5.97. The smallest absolute Gasteiger partial charge is 0.434 e. The lowest BCUT2D eigenvalue weighted by atomic mass is 9.99. The first kappa shape index (κ1) is 27.7. The van der Waals surface area contributed by atoms with Gasteiger partial charge in [-0.2, -0.15) is 13.2 Å². The highest BCUT2D eigenvalue weighted by Crippen LogP contribution is 2.33. The normalized spacial score (nSPS) is 17.0. The summed E-state index contributed by atoms with van der Waals surface area (Å²) in [5, 5.41) is 9.51. The highest BCUT2D eigenvalue weighted by Gasteiger charge is 2.40. The van der Waals surface area contributed by atoms with Crippen LogP contribution in [0.15, 0.2) is 29.3 Å². The minimum atomic E-state index is -4.88. The van der Waals surface area contributed by atoms with Crippen LogP contribution in [-0.2, 0) is 27.4 Å². The number of benzene rings is 1. The number of anilines is 2. The molecule has 1 saturated heterocycles. The molecule has 2 aromatic rings. The lowest BCUT2D eigenvalue weighted by Gasteiger charge is -2.44. The Morgan fingerprint density at radius 3 is 2.53 bits per heavy atom. The van der Waals surface area contributed by atoms with E-state index >= 15 is 0 Å². The topological polar surface area (TPSA) is 113 Å². The van der Waals surface area contributed by atoms with Gasteiger partial charge in [0.1, 0.15) is 5.56 Å². The SMILES string of the molecule is CCOC(=O)c1cnc(N2CCN(c3ccc(CO)c(S(C)(=O)=O)c3)C[C@H]2C(C)C)nc1C(F)(F)F. The maximum Gasteiger partial charge on any atom is 0.434 e. The maximum atomic E-state index is 13.7. The van der Waals surface area contributed by atoms with Crippen molar-refractivity contribution in [3.05, 3.63) is 41.2 Å². The minimum absolute atomic E-state index is 0.0263. The molecule has 198 valence electrons. The summed E-state index contributed by atoms with van der Waals surface area (Å²) in [6.45, 7) is 5.78. The van der Waals surface area contributed by atoms with Crippen molar-refractivity contribution < 1.29 is 36.2 Å². The summed E-state index contributed by atoms with van der Waals surface area (Å²) in [4.78, 5) is 23.5. The number of nitrogens with zero attached hydrogens (tertiary/aromatic N) is 4. The first-order valence-electron chi connectivity index (χ1n) is 11.3.